The molecule has 0 radical (unpaired) electrons. The minimum atomic E-state index is -1.40. The Labute approximate surface area is 238 Å². The molecule has 8 heteroatoms. The SMILES string of the molecule is COc1ccc(Cn2c(C(=O)[O-])c(Cc3ccc4c(c3)OCO4)c(=O)c3ccccc32)cc1.[K+]. The number of para-hydroxylation sites is 1. The summed E-state index contributed by atoms with van der Waals surface area (Å²) >= 11 is 0. The molecule has 166 valence electrons. The molecular weight excluding hydrogens is 461 g/mol. The molecule has 0 unspecified atom stereocenters. The van der Waals surface area contributed by atoms with Crippen LogP contribution in [0.3, 0.4) is 0 Å². The van der Waals surface area contributed by atoms with Gasteiger partial charge in [0.2, 0.25) is 6.79 Å². The van der Waals surface area contributed by atoms with Crippen LogP contribution in [0.25, 0.3) is 10.9 Å². The van der Waals surface area contributed by atoms with Crippen molar-refractivity contribution in [1.82, 2.24) is 4.57 Å². The van der Waals surface area contributed by atoms with Gasteiger partial charge < -0.3 is 28.7 Å². The normalized spacial score (nSPS) is 11.8. The maximum atomic E-state index is 13.4. The summed E-state index contributed by atoms with van der Waals surface area (Å²) in [5.74, 6) is 0.491. The number of hydrogen-bond acceptors (Lipinski definition) is 6. The zero-order valence-electron chi connectivity index (χ0n) is 18.9. The predicted octanol–water partition coefficient (Wildman–Crippen LogP) is -0.255. The summed E-state index contributed by atoms with van der Waals surface area (Å²) in [5, 5.41) is 12.8. The third-order valence-corrected chi connectivity index (χ3v) is 5.78. The van der Waals surface area contributed by atoms with Crippen molar-refractivity contribution in [1.29, 1.82) is 0 Å². The Bertz CT molecular complexity index is 1430. The summed E-state index contributed by atoms with van der Waals surface area (Å²) in [5.41, 5.74) is 1.85. The van der Waals surface area contributed by atoms with Gasteiger partial charge in [0.05, 0.1) is 24.3 Å². The second kappa shape index (κ2) is 10.3. The van der Waals surface area contributed by atoms with Crippen molar-refractivity contribution in [2.24, 2.45) is 0 Å². The van der Waals surface area contributed by atoms with E-state index >= 15 is 0 Å². The molecule has 0 amide bonds. The van der Waals surface area contributed by atoms with Crippen molar-refractivity contribution in [3.63, 3.8) is 0 Å². The van der Waals surface area contributed by atoms with Crippen molar-refractivity contribution in [2.45, 2.75) is 13.0 Å². The molecule has 1 aromatic heterocycles. The summed E-state index contributed by atoms with van der Waals surface area (Å²) in [6.07, 6.45) is 0.117. The number of nitrogens with zero attached hydrogens (tertiary/aromatic N) is 1. The van der Waals surface area contributed by atoms with Crippen molar-refractivity contribution < 1.29 is 75.5 Å². The standard InChI is InChI=1S/C26H21NO6.K/c1-31-18-9-6-16(7-10-18)14-27-21-5-3-2-4-19(21)25(28)20(24(27)26(29)30)12-17-8-11-22-23(13-17)33-15-32-22;/h2-11,13H,12,14-15H2,1H3,(H,29,30);/q;+1/p-1. The van der Waals surface area contributed by atoms with Crippen LogP contribution in [0.1, 0.15) is 27.2 Å². The van der Waals surface area contributed by atoms with Gasteiger partial charge in [0.1, 0.15) is 5.75 Å². The van der Waals surface area contributed by atoms with Crippen LogP contribution in [-0.4, -0.2) is 24.4 Å². The number of aromatic nitrogens is 1. The summed E-state index contributed by atoms with van der Waals surface area (Å²) in [6, 6.07) is 19.7. The van der Waals surface area contributed by atoms with Gasteiger partial charge in [-0.1, -0.05) is 30.3 Å². The Morgan fingerprint density at radius 1 is 1.00 bits per heavy atom. The number of carboxylic acid groups (broad SMARTS) is 1. The van der Waals surface area contributed by atoms with Crippen LogP contribution >= 0.6 is 0 Å². The number of hydrogen-bond donors (Lipinski definition) is 0. The molecule has 2 heterocycles. The van der Waals surface area contributed by atoms with Crippen molar-refractivity contribution in [3.8, 4) is 17.2 Å². The van der Waals surface area contributed by atoms with E-state index in [1.165, 1.54) is 0 Å². The maximum absolute atomic E-state index is 13.4. The van der Waals surface area contributed by atoms with E-state index in [0.717, 1.165) is 11.1 Å². The van der Waals surface area contributed by atoms with Crippen LogP contribution in [-0.2, 0) is 13.0 Å². The smallest absolute Gasteiger partial charge is 0.543 e. The molecule has 4 aromatic rings. The monoisotopic (exact) mass is 481 g/mol. The van der Waals surface area contributed by atoms with Crippen molar-refractivity contribution >= 4 is 16.9 Å². The van der Waals surface area contributed by atoms with Crippen LogP contribution in [0, 0.1) is 0 Å². The fourth-order valence-electron chi connectivity index (χ4n) is 4.18. The van der Waals surface area contributed by atoms with Gasteiger partial charge in [0.25, 0.3) is 0 Å². The van der Waals surface area contributed by atoms with Gasteiger partial charge in [-0.3, -0.25) is 4.79 Å². The zero-order valence-corrected chi connectivity index (χ0v) is 22.0. The number of ether oxygens (including phenoxy) is 3. The van der Waals surface area contributed by atoms with Crippen LogP contribution in [0.5, 0.6) is 17.2 Å². The first kappa shape index (κ1) is 24.5. The third kappa shape index (κ3) is 4.64. The second-order valence-corrected chi connectivity index (χ2v) is 7.76. The van der Waals surface area contributed by atoms with Crippen LogP contribution < -0.4 is 76.1 Å². The molecule has 7 nitrogen and oxygen atoms in total. The van der Waals surface area contributed by atoms with Crippen molar-refractivity contribution in [2.75, 3.05) is 13.9 Å². The number of aromatic carboxylic acids is 1. The molecule has 5 rings (SSSR count). The van der Waals surface area contributed by atoms with Gasteiger partial charge in [0.15, 0.2) is 16.9 Å². The third-order valence-electron chi connectivity index (χ3n) is 5.78. The quantitative estimate of drug-likeness (QED) is 0.353. The first-order valence-electron chi connectivity index (χ1n) is 10.4. The van der Waals surface area contributed by atoms with E-state index in [9.17, 15) is 14.7 Å². The number of carbonyl (C=O) groups excluding carboxylic acids is 1. The van der Waals surface area contributed by atoms with Crippen molar-refractivity contribution in [3.05, 3.63) is 99.3 Å². The minimum Gasteiger partial charge on any atom is -0.543 e. The Kier molecular flexibility index (Phi) is 7.44. The zero-order chi connectivity index (χ0) is 22.9. The van der Waals surface area contributed by atoms with E-state index in [4.69, 9.17) is 14.2 Å². The largest absolute Gasteiger partial charge is 1.00 e. The molecular formula is C26H20KNO6. The Balaban J connectivity index is 0.00000274. The summed E-state index contributed by atoms with van der Waals surface area (Å²) in [4.78, 5) is 25.8. The number of pyridine rings is 1. The van der Waals surface area contributed by atoms with Gasteiger partial charge in [-0.2, -0.15) is 0 Å². The van der Waals surface area contributed by atoms with E-state index in [-0.39, 0.29) is 87.8 Å². The molecule has 0 saturated heterocycles. The fraction of sp³-hybridized carbons (Fsp3) is 0.154. The molecule has 0 saturated carbocycles. The number of fused-ring (bicyclic) bond motifs is 2. The Hall–Kier alpha value is -2.62. The molecule has 0 atom stereocenters. The number of methoxy groups -OCH3 is 1. The molecule has 3 aromatic carbocycles. The van der Waals surface area contributed by atoms with E-state index in [1.807, 2.05) is 24.3 Å². The fourth-order valence-corrected chi connectivity index (χ4v) is 4.18. The minimum absolute atomic E-state index is 0. The molecule has 0 fully saturated rings. The Morgan fingerprint density at radius 2 is 1.71 bits per heavy atom. The number of carbonyl (C=O) groups is 1. The van der Waals surface area contributed by atoms with E-state index < -0.39 is 5.97 Å². The predicted molar refractivity (Wildman–Crippen MR) is 120 cm³/mol. The van der Waals surface area contributed by atoms with E-state index in [0.29, 0.717) is 28.2 Å². The molecule has 1 aliphatic rings. The molecule has 34 heavy (non-hydrogen) atoms. The summed E-state index contributed by atoms with van der Waals surface area (Å²) in [7, 11) is 1.58. The maximum Gasteiger partial charge on any atom is 1.00 e. The first-order valence-corrected chi connectivity index (χ1v) is 10.4. The molecule has 0 N–H and O–H groups in total. The number of benzene rings is 3. The molecule has 0 spiro atoms. The van der Waals surface area contributed by atoms with Gasteiger partial charge in [-0.15, -0.1) is 0 Å². The van der Waals surface area contributed by atoms with Gasteiger partial charge in [-0.25, -0.2) is 0 Å². The van der Waals surface area contributed by atoms with Gasteiger partial charge in [0, 0.05) is 23.9 Å². The number of carboxylic acids is 1. The van der Waals surface area contributed by atoms with Crippen LogP contribution in [0.2, 0.25) is 0 Å². The van der Waals surface area contributed by atoms with Crippen LogP contribution in [0.15, 0.2) is 71.5 Å². The topological polar surface area (TPSA) is 89.8 Å². The summed E-state index contributed by atoms with van der Waals surface area (Å²) < 4.78 is 17.6. The second-order valence-electron chi connectivity index (χ2n) is 7.76. The number of rotatable bonds is 6. The van der Waals surface area contributed by atoms with Gasteiger partial charge >= 0.3 is 51.4 Å². The first-order chi connectivity index (χ1) is 16.0. The Morgan fingerprint density at radius 3 is 2.44 bits per heavy atom. The van der Waals surface area contributed by atoms with E-state index in [1.54, 1.807) is 54.1 Å². The van der Waals surface area contributed by atoms with Gasteiger partial charge in [-0.05, 0) is 47.5 Å². The average Bonchev–Trinajstić information content (AvgIpc) is 3.30. The summed E-state index contributed by atoms with van der Waals surface area (Å²) in [6.45, 7) is 0.385. The average molecular weight is 482 g/mol. The van der Waals surface area contributed by atoms with E-state index in [2.05, 4.69) is 0 Å². The molecule has 0 bridgehead atoms. The van der Waals surface area contributed by atoms with Crippen LogP contribution in [0.4, 0.5) is 0 Å². The molecule has 0 aliphatic carbocycles. The molecule has 1 aliphatic heterocycles.